The number of allylic oxidation sites excluding steroid dienone is 2. The van der Waals surface area contributed by atoms with Crippen LogP contribution in [0.25, 0.3) is 17.0 Å². The molecule has 0 amide bonds. The quantitative estimate of drug-likeness (QED) is 0.307. The molecule has 0 bridgehead atoms. The number of nitrogens with one attached hydrogen (secondary N) is 1. The van der Waals surface area contributed by atoms with E-state index in [9.17, 15) is 13.2 Å². The second-order valence-corrected chi connectivity index (χ2v) is 6.97. The first kappa shape index (κ1) is 22.0. The van der Waals surface area contributed by atoms with Crippen LogP contribution < -0.4 is 10.1 Å². The maximum Gasteiger partial charge on any atom is 0.433 e. The lowest BCUT2D eigenvalue weighted by Gasteiger charge is -2.09. The van der Waals surface area contributed by atoms with E-state index in [0.29, 0.717) is 22.8 Å². The Morgan fingerprint density at radius 3 is 2.45 bits per heavy atom. The van der Waals surface area contributed by atoms with Crippen molar-refractivity contribution in [3.05, 3.63) is 78.2 Å². The lowest BCUT2D eigenvalue weighted by atomic mass is 10.1. The normalized spacial score (nSPS) is 12.5. The SMILES string of the molecule is CN=C/C=C(\C)Oc1ccc(Nc2nc3nc(C(F)(F)F)cc(-c4ccccc4)n3n2)cc1. The minimum atomic E-state index is -4.61. The fraction of sp³-hybridized carbons (Fsp3) is 0.130. The summed E-state index contributed by atoms with van der Waals surface area (Å²) in [6.45, 7) is 1.81. The Labute approximate surface area is 187 Å². The molecule has 0 unspecified atom stereocenters. The van der Waals surface area contributed by atoms with Crippen molar-refractivity contribution in [3.8, 4) is 17.0 Å². The first-order valence-electron chi connectivity index (χ1n) is 9.88. The van der Waals surface area contributed by atoms with Gasteiger partial charge in [-0.1, -0.05) is 30.3 Å². The Morgan fingerprint density at radius 1 is 1.06 bits per heavy atom. The van der Waals surface area contributed by atoms with Crippen molar-refractivity contribution in [1.82, 2.24) is 19.6 Å². The van der Waals surface area contributed by atoms with Crippen LogP contribution in [0.3, 0.4) is 0 Å². The highest BCUT2D eigenvalue weighted by atomic mass is 19.4. The first-order valence-corrected chi connectivity index (χ1v) is 9.88. The molecule has 0 saturated carbocycles. The molecule has 2 aromatic heterocycles. The molecular formula is C23H19F3N6O. The molecule has 0 saturated heterocycles. The number of aliphatic imine (C=N–C) groups is 1. The van der Waals surface area contributed by atoms with E-state index >= 15 is 0 Å². The molecule has 4 rings (SSSR count). The van der Waals surface area contributed by atoms with Gasteiger partial charge in [0.25, 0.3) is 5.78 Å². The fourth-order valence-corrected chi connectivity index (χ4v) is 3.02. The Balaban J connectivity index is 1.64. The van der Waals surface area contributed by atoms with E-state index in [0.717, 1.165) is 6.07 Å². The average molecular weight is 452 g/mol. The molecule has 0 spiro atoms. The topological polar surface area (TPSA) is 76.7 Å². The van der Waals surface area contributed by atoms with E-state index in [1.165, 1.54) is 4.52 Å². The molecule has 2 aromatic carbocycles. The third-order valence-corrected chi connectivity index (χ3v) is 4.52. The van der Waals surface area contributed by atoms with Gasteiger partial charge in [-0.15, -0.1) is 5.10 Å². The third-order valence-electron chi connectivity index (χ3n) is 4.52. The molecule has 0 radical (unpaired) electrons. The van der Waals surface area contributed by atoms with Crippen LogP contribution in [0.1, 0.15) is 12.6 Å². The van der Waals surface area contributed by atoms with Gasteiger partial charge >= 0.3 is 6.18 Å². The van der Waals surface area contributed by atoms with Gasteiger partial charge in [-0.3, -0.25) is 4.99 Å². The van der Waals surface area contributed by atoms with Crippen LogP contribution in [-0.2, 0) is 6.18 Å². The molecule has 0 fully saturated rings. The van der Waals surface area contributed by atoms with Crippen LogP contribution in [0.2, 0.25) is 0 Å². The highest BCUT2D eigenvalue weighted by molar-refractivity contribution is 5.71. The molecule has 33 heavy (non-hydrogen) atoms. The van der Waals surface area contributed by atoms with E-state index in [1.54, 1.807) is 80.9 Å². The summed E-state index contributed by atoms with van der Waals surface area (Å²) in [6.07, 6.45) is -1.25. The van der Waals surface area contributed by atoms with Crippen molar-refractivity contribution in [2.75, 3.05) is 12.4 Å². The van der Waals surface area contributed by atoms with Gasteiger partial charge in [0.1, 0.15) is 11.5 Å². The summed E-state index contributed by atoms with van der Waals surface area (Å²) in [4.78, 5) is 11.7. The van der Waals surface area contributed by atoms with Gasteiger partial charge in [0.2, 0.25) is 5.95 Å². The van der Waals surface area contributed by atoms with Gasteiger partial charge < -0.3 is 10.1 Å². The zero-order valence-corrected chi connectivity index (χ0v) is 17.7. The number of anilines is 2. The van der Waals surface area contributed by atoms with Crippen molar-refractivity contribution in [1.29, 1.82) is 0 Å². The molecule has 0 aliphatic heterocycles. The molecule has 1 N–H and O–H groups in total. The third kappa shape index (κ3) is 5.17. The number of rotatable bonds is 6. The Kier molecular flexibility index (Phi) is 6.07. The lowest BCUT2D eigenvalue weighted by molar-refractivity contribution is -0.141. The number of benzene rings is 2. The van der Waals surface area contributed by atoms with E-state index in [-0.39, 0.29) is 17.4 Å². The van der Waals surface area contributed by atoms with Crippen LogP contribution in [-0.4, -0.2) is 32.8 Å². The monoisotopic (exact) mass is 452 g/mol. The second kappa shape index (κ2) is 9.11. The van der Waals surface area contributed by atoms with Gasteiger partial charge in [0, 0.05) is 24.5 Å². The second-order valence-electron chi connectivity index (χ2n) is 6.97. The maximum atomic E-state index is 13.4. The van der Waals surface area contributed by atoms with Gasteiger partial charge in [-0.2, -0.15) is 22.7 Å². The Bertz CT molecular complexity index is 1310. The zero-order valence-electron chi connectivity index (χ0n) is 17.7. The standard InChI is InChI=1S/C23H19F3N6O/c1-15(12-13-27-2)33-18-10-8-17(9-11-18)28-21-30-22-29-20(23(24,25)26)14-19(32(22)31-21)16-6-4-3-5-7-16/h3-14H,1-2H3,(H,28,31)/b15-12+,27-13?. The zero-order chi connectivity index (χ0) is 23.4. The van der Waals surface area contributed by atoms with Gasteiger partial charge in [0.15, 0.2) is 5.69 Å². The minimum absolute atomic E-state index is 0.114. The molecule has 4 aromatic rings. The summed E-state index contributed by atoms with van der Waals surface area (Å²) in [5.41, 5.74) is 0.387. The summed E-state index contributed by atoms with van der Waals surface area (Å²) in [6, 6.07) is 16.6. The number of hydrogen-bond donors (Lipinski definition) is 1. The van der Waals surface area contributed by atoms with Crippen LogP contribution >= 0.6 is 0 Å². The van der Waals surface area contributed by atoms with Crippen molar-refractivity contribution >= 4 is 23.6 Å². The molecule has 10 heteroatoms. The van der Waals surface area contributed by atoms with Crippen molar-refractivity contribution in [2.45, 2.75) is 13.1 Å². The van der Waals surface area contributed by atoms with Gasteiger partial charge in [0.05, 0.1) is 5.69 Å². The smallest absolute Gasteiger partial charge is 0.433 e. The fourth-order valence-electron chi connectivity index (χ4n) is 3.02. The molecule has 0 aliphatic carbocycles. The molecule has 7 nitrogen and oxygen atoms in total. The van der Waals surface area contributed by atoms with Gasteiger partial charge in [-0.25, -0.2) is 4.98 Å². The van der Waals surface area contributed by atoms with Crippen molar-refractivity contribution < 1.29 is 17.9 Å². The summed E-state index contributed by atoms with van der Waals surface area (Å²) >= 11 is 0. The van der Waals surface area contributed by atoms with Crippen LogP contribution in [0.5, 0.6) is 5.75 Å². The lowest BCUT2D eigenvalue weighted by Crippen LogP contribution is -2.11. The highest BCUT2D eigenvalue weighted by Gasteiger charge is 2.34. The Hall–Kier alpha value is -4.21. The number of nitrogens with zero attached hydrogens (tertiary/aromatic N) is 5. The molecule has 2 heterocycles. The summed E-state index contributed by atoms with van der Waals surface area (Å²) in [5, 5.41) is 7.31. The molecule has 0 atom stereocenters. The Morgan fingerprint density at radius 2 is 1.79 bits per heavy atom. The number of fused-ring (bicyclic) bond motifs is 1. The van der Waals surface area contributed by atoms with E-state index < -0.39 is 11.9 Å². The number of aromatic nitrogens is 4. The van der Waals surface area contributed by atoms with E-state index in [1.807, 2.05) is 0 Å². The van der Waals surface area contributed by atoms with E-state index in [2.05, 4.69) is 25.4 Å². The number of halogens is 3. The predicted octanol–water partition coefficient (Wildman–Crippen LogP) is 5.54. The van der Waals surface area contributed by atoms with E-state index in [4.69, 9.17) is 4.74 Å². The van der Waals surface area contributed by atoms with Crippen LogP contribution in [0.4, 0.5) is 24.8 Å². The molecule has 168 valence electrons. The predicted molar refractivity (Wildman–Crippen MR) is 120 cm³/mol. The van der Waals surface area contributed by atoms with Crippen molar-refractivity contribution in [3.63, 3.8) is 0 Å². The molecule has 0 aliphatic rings. The number of alkyl halides is 3. The molecular weight excluding hydrogens is 433 g/mol. The average Bonchev–Trinajstić information content (AvgIpc) is 3.20. The summed E-state index contributed by atoms with van der Waals surface area (Å²) in [5.74, 6) is 1.24. The van der Waals surface area contributed by atoms with Crippen LogP contribution in [0.15, 0.2) is 77.5 Å². The van der Waals surface area contributed by atoms with Gasteiger partial charge in [-0.05, 0) is 43.3 Å². The number of hydrogen-bond acceptors (Lipinski definition) is 6. The largest absolute Gasteiger partial charge is 0.462 e. The summed E-state index contributed by atoms with van der Waals surface area (Å²) < 4.78 is 47.2. The van der Waals surface area contributed by atoms with Crippen molar-refractivity contribution in [2.24, 2.45) is 4.99 Å². The number of ether oxygens (including phenoxy) is 1. The highest BCUT2D eigenvalue weighted by Crippen LogP contribution is 2.31. The summed E-state index contributed by atoms with van der Waals surface area (Å²) in [7, 11) is 1.67. The first-order chi connectivity index (χ1) is 15.8. The van der Waals surface area contributed by atoms with Crippen LogP contribution in [0, 0.1) is 0 Å². The minimum Gasteiger partial charge on any atom is -0.462 e. The maximum absolute atomic E-state index is 13.4.